The SMILES string of the molecule is CCCC(C#N)c1ccccc1[SiH]1CCCCO1. The third kappa shape index (κ3) is 3.01. The summed E-state index contributed by atoms with van der Waals surface area (Å²) in [5.41, 5.74) is 1.24. The molecule has 0 bridgehead atoms. The summed E-state index contributed by atoms with van der Waals surface area (Å²) in [6.07, 6.45) is 4.49. The average Bonchev–Trinajstić information content (AvgIpc) is 2.46. The van der Waals surface area contributed by atoms with Crippen molar-refractivity contribution in [2.45, 2.75) is 44.6 Å². The Hall–Kier alpha value is -1.11. The first kappa shape index (κ1) is 13.3. The minimum Gasteiger partial charge on any atom is -0.415 e. The highest BCUT2D eigenvalue weighted by molar-refractivity contribution is 6.68. The molecule has 1 aliphatic rings. The van der Waals surface area contributed by atoms with E-state index in [0.717, 1.165) is 19.4 Å². The molecule has 0 amide bonds. The fourth-order valence-electron chi connectivity index (χ4n) is 2.69. The van der Waals surface area contributed by atoms with Crippen molar-refractivity contribution < 1.29 is 4.43 Å². The molecule has 96 valence electrons. The standard InChI is InChI=1S/C15H21NOSi/c1-2-7-13(12-16)14-8-3-4-9-15(14)18-11-6-5-10-17-18/h3-4,8-9,13,18H,2,5-7,10-11H2,1H3. The van der Waals surface area contributed by atoms with Gasteiger partial charge in [0.05, 0.1) is 12.0 Å². The van der Waals surface area contributed by atoms with Gasteiger partial charge in [-0.25, -0.2) is 0 Å². The number of nitrogens with zero attached hydrogens (tertiary/aromatic N) is 1. The molecule has 2 unspecified atom stereocenters. The molecule has 0 saturated carbocycles. The van der Waals surface area contributed by atoms with Gasteiger partial charge in [-0.3, -0.25) is 0 Å². The van der Waals surface area contributed by atoms with Crippen LogP contribution in [0.5, 0.6) is 0 Å². The Labute approximate surface area is 111 Å². The lowest BCUT2D eigenvalue weighted by Gasteiger charge is -2.24. The molecule has 1 aromatic carbocycles. The van der Waals surface area contributed by atoms with E-state index in [0.29, 0.717) is 0 Å². The van der Waals surface area contributed by atoms with Gasteiger partial charge in [-0.2, -0.15) is 5.26 Å². The number of nitriles is 1. The zero-order chi connectivity index (χ0) is 12.8. The van der Waals surface area contributed by atoms with E-state index in [2.05, 4.69) is 37.3 Å². The third-order valence-corrected chi connectivity index (χ3v) is 6.42. The summed E-state index contributed by atoms with van der Waals surface area (Å²) in [4.78, 5) is 0. The molecule has 0 spiro atoms. The summed E-state index contributed by atoms with van der Waals surface area (Å²) < 4.78 is 6.01. The Bertz CT molecular complexity index is 421. The van der Waals surface area contributed by atoms with Gasteiger partial charge in [0.25, 0.3) is 0 Å². The number of rotatable bonds is 4. The van der Waals surface area contributed by atoms with Gasteiger partial charge in [0.2, 0.25) is 9.04 Å². The van der Waals surface area contributed by atoms with Crippen molar-refractivity contribution in [2.75, 3.05) is 6.61 Å². The first-order valence-electron chi connectivity index (χ1n) is 6.96. The fourth-order valence-corrected chi connectivity index (χ4v) is 5.45. The van der Waals surface area contributed by atoms with Crippen LogP contribution in [0.2, 0.25) is 6.04 Å². The van der Waals surface area contributed by atoms with Gasteiger partial charge in [0.15, 0.2) is 0 Å². The van der Waals surface area contributed by atoms with Crippen LogP contribution in [0.3, 0.4) is 0 Å². The lowest BCUT2D eigenvalue weighted by atomic mass is 9.96. The van der Waals surface area contributed by atoms with E-state index in [4.69, 9.17) is 4.43 Å². The molecule has 0 N–H and O–H groups in total. The molecule has 1 fully saturated rings. The second-order valence-electron chi connectivity index (χ2n) is 4.95. The summed E-state index contributed by atoms with van der Waals surface area (Å²) in [5.74, 6) is 0.0456. The van der Waals surface area contributed by atoms with Gasteiger partial charge < -0.3 is 4.43 Å². The Morgan fingerprint density at radius 1 is 1.39 bits per heavy atom. The van der Waals surface area contributed by atoms with E-state index in [1.165, 1.54) is 29.6 Å². The number of benzene rings is 1. The maximum atomic E-state index is 9.36. The van der Waals surface area contributed by atoms with Crippen molar-refractivity contribution >= 4 is 14.2 Å². The Balaban J connectivity index is 2.26. The zero-order valence-electron chi connectivity index (χ0n) is 11.1. The maximum Gasteiger partial charge on any atom is 0.208 e. The van der Waals surface area contributed by atoms with E-state index < -0.39 is 9.04 Å². The number of hydrogen-bond donors (Lipinski definition) is 0. The first-order chi connectivity index (χ1) is 8.86. The van der Waals surface area contributed by atoms with Gasteiger partial charge in [-0.15, -0.1) is 0 Å². The van der Waals surface area contributed by atoms with Crippen LogP contribution >= 0.6 is 0 Å². The van der Waals surface area contributed by atoms with Crippen molar-refractivity contribution in [3.05, 3.63) is 29.8 Å². The minimum atomic E-state index is -1.27. The lowest BCUT2D eigenvalue weighted by molar-refractivity contribution is 0.294. The van der Waals surface area contributed by atoms with E-state index in [-0.39, 0.29) is 5.92 Å². The summed E-state index contributed by atoms with van der Waals surface area (Å²) >= 11 is 0. The van der Waals surface area contributed by atoms with Crippen LogP contribution in [-0.4, -0.2) is 15.6 Å². The van der Waals surface area contributed by atoms with Crippen LogP contribution in [0.4, 0.5) is 0 Å². The van der Waals surface area contributed by atoms with E-state index >= 15 is 0 Å². The normalized spacial score (nSPS) is 21.2. The summed E-state index contributed by atoms with van der Waals surface area (Å²) in [6, 6.07) is 12.1. The van der Waals surface area contributed by atoms with Crippen molar-refractivity contribution in [2.24, 2.45) is 0 Å². The molecule has 3 heteroatoms. The topological polar surface area (TPSA) is 33.0 Å². The average molecular weight is 259 g/mol. The lowest BCUT2D eigenvalue weighted by Crippen LogP contribution is -2.39. The van der Waals surface area contributed by atoms with Crippen LogP contribution in [0.15, 0.2) is 24.3 Å². The summed E-state index contributed by atoms with van der Waals surface area (Å²) in [6.45, 7) is 3.05. The minimum absolute atomic E-state index is 0.0456. The van der Waals surface area contributed by atoms with Gasteiger partial charge in [-0.05, 0) is 29.6 Å². The molecule has 1 heterocycles. The van der Waals surface area contributed by atoms with E-state index in [9.17, 15) is 5.26 Å². The molecule has 2 nitrogen and oxygen atoms in total. The summed E-state index contributed by atoms with van der Waals surface area (Å²) in [7, 11) is -1.27. The van der Waals surface area contributed by atoms with Crippen LogP contribution in [0.1, 0.15) is 44.1 Å². The molecular weight excluding hydrogens is 238 g/mol. The zero-order valence-corrected chi connectivity index (χ0v) is 12.2. The quantitative estimate of drug-likeness (QED) is 0.779. The number of hydrogen-bond acceptors (Lipinski definition) is 2. The van der Waals surface area contributed by atoms with Crippen LogP contribution in [0, 0.1) is 11.3 Å². The van der Waals surface area contributed by atoms with Gasteiger partial charge in [0, 0.05) is 6.61 Å². The first-order valence-corrected chi connectivity index (χ1v) is 8.83. The van der Waals surface area contributed by atoms with Crippen molar-refractivity contribution in [3.8, 4) is 6.07 Å². The second-order valence-corrected chi connectivity index (χ2v) is 7.46. The Kier molecular flexibility index (Phi) is 4.97. The molecule has 1 aliphatic heterocycles. The molecule has 18 heavy (non-hydrogen) atoms. The Morgan fingerprint density at radius 2 is 2.22 bits per heavy atom. The predicted molar refractivity (Wildman–Crippen MR) is 76.5 cm³/mol. The van der Waals surface area contributed by atoms with Crippen molar-refractivity contribution in [1.29, 1.82) is 5.26 Å². The van der Waals surface area contributed by atoms with Crippen molar-refractivity contribution in [1.82, 2.24) is 0 Å². The molecule has 1 aromatic rings. The Morgan fingerprint density at radius 3 is 2.89 bits per heavy atom. The molecule has 2 atom stereocenters. The fraction of sp³-hybridized carbons (Fsp3) is 0.533. The largest absolute Gasteiger partial charge is 0.415 e. The van der Waals surface area contributed by atoms with Crippen LogP contribution in [-0.2, 0) is 4.43 Å². The molecular formula is C15H21NOSi. The van der Waals surface area contributed by atoms with Gasteiger partial charge in [0.1, 0.15) is 0 Å². The predicted octanol–water partition coefficient (Wildman–Crippen LogP) is 2.84. The molecule has 2 rings (SSSR count). The van der Waals surface area contributed by atoms with Crippen molar-refractivity contribution in [3.63, 3.8) is 0 Å². The summed E-state index contributed by atoms with van der Waals surface area (Å²) in [5, 5.41) is 10.7. The molecule has 0 radical (unpaired) electrons. The van der Waals surface area contributed by atoms with E-state index in [1.807, 2.05) is 0 Å². The second kappa shape index (κ2) is 6.72. The maximum absolute atomic E-state index is 9.36. The monoisotopic (exact) mass is 259 g/mol. The van der Waals surface area contributed by atoms with Gasteiger partial charge in [-0.1, -0.05) is 44.0 Å². The van der Waals surface area contributed by atoms with Gasteiger partial charge >= 0.3 is 0 Å². The molecule has 0 aromatic heterocycles. The molecule has 1 saturated heterocycles. The highest BCUT2D eigenvalue weighted by Gasteiger charge is 2.24. The highest BCUT2D eigenvalue weighted by atomic mass is 28.3. The third-order valence-electron chi connectivity index (χ3n) is 3.63. The highest BCUT2D eigenvalue weighted by Crippen LogP contribution is 2.21. The molecule has 0 aliphatic carbocycles. The van der Waals surface area contributed by atoms with Crippen LogP contribution in [0.25, 0.3) is 0 Å². The van der Waals surface area contributed by atoms with Crippen LogP contribution < -0.4 is 5.19 Å². The van der Waals surface area contributed by atoms with E-state index in [1.54, 1.807) is 0 Å². The smallest absolute Gasteiger partial charge is 0.208 e.